The molecule has 0 spiro atoms. The first-order chi connectivity index (χ1) is 12.5. The molecule has 1 heterocycles. The minimum Gasteiger partial charge on any atom is -0.294 e. The van der Waals surface area contributed by atoms with Gasteiger partial charge in [-0.05, 0) is 29.5 Å². The van der Waals surface area contributed by atoms with Gasteiger partial charge in [0.05, 0.1) is 0 Å². The Balaban J connectivity index is 1.90. The van der Waals surface area contributed by atoms with Crippen LogP contribution in [0.1, 0.15) is 44.6 Å². The van der Waals surface area contributed by atoms with Crippen molar-refractivity contribution in [2.75, 3.05) is 4.90 Å². The molecule has 0 N–H and O–H groups in total. The van der Waals surface area contributed by atoms with Gasteiger partial charge in [-0.2, -0.15) is 0 Å². The van der Waals surface area contributed by atoms with Crippen LogP contribution in [0.2, 0.25) is 0 Å². The lowest BCUT2D eigenvalue weighted by Gasteiger charge is -2.43. The average molecular weight is 345 g/mol. The Bertz CT molecular complexity index is 881. The summed E-state index contributed by atoms with van der Waals surface area (Å²) in [6, 6.07) is 19.6. The standard InChI is InChI=1S/C23H23NO2/c1-23(2)14-19-22(20(25)15-23)18(16-9-5-3-6-10-16)13-21(26)24(19)17-11-7-4-8-12-17/h3-12,18H,13-15H2,1-2H3. The average Bonchev–Trinajstić information content (AvgIpc) is 2.61. The molecule has 0 aromatic heterocycles. The van der Waals surface area contributed by atoms with Crippen LogP contribution in [0.25, 0.3) is 0 Å². The van der Waals surface area contributed by atoms with E-state index in [4.69, 9.17) is 0 Å². The van der Waals surface area contributed by atoms with E-state index >= 15 is 0 Å². The lowest BCUT2D eigenvalue weighted by Crippen LogP contribution is -2.43. The smallest absolute Gasteiger partial charge is 0.232 e. The molecule has 2 aromatic rings. The van der Waals surface area contributed by atoms with Crippen molar-refractivity contribution >= 4 is 17.4 Å². The van der Waals surface area contributed by atoms with E-state index < -0.39 is 0 Å². The number of ketones is 1. The number of carbonyl (C=O) groups excluding carboxylic acids is 2. The molecule has 132 valence electrons. The van der Waals surface area contributed by atoms with E-state index in [9.17, 15) is 9.59 Å². The summed E-state index contributed by atoms with van der Waals surface area (Å²) in [5.74, 6) is 0.107. The normalized spacial score (nSPS) is 22.4. The molecule has 3 nitrogen and oxygen atoms in total. The number of allylic oxidation sites excluding steroid dienone is 2. The molecule has 2 aliphatic rings. The highest BCUT2D eigenvalue weighted by atomic mass is 16.2. The first-order valence-electron chi connectivity index (χ1n) is 9.15. The predicted molar refractivity (Wildman–Crippen MR) is 103 cm³/mol. The van der Waals surface area contributed by atoms with Gasteiger partial charge >= 0.3 is 0 Å². The predicted octanol–water partition coefficient (Wildman–Crippen LogP) is 4.85. The third-order valence-corrected chi connectivity index (χ3v) is 5.36. The second kappa shape index (κ2) is 6.24. The molecular formula is C23H23NO2. The van der Waals surface area contributed by atoms with Crippen molar-refractivity contribution in [3.63, 3.8) is 0 Å². The molecule has 3 heteroatoms. The second-order valence-corrected chi connectivity index (χ2v) is 8.03. The summed E-state index contributed by atoms with van der Waals surface area (Å²) < 4.78 is 0. The van der Waals surface area contributed by atoms with Crippen molar-refractivity contribution in [3.8, 4) is 0 Å². The molecule has 4 rings (SSSR count). The van der Waals surface area contributed by atoms with Crippen LogP contribution < -0.4 is 4.90 Å². The van der Waals surface area contributed by atoms with Gasteiger partial charge in [-0.1, -0.05) is 62.4 Å². The summed E-state index contributed by atoms with van der Waals surface area (Å²) in [5, 5.41) is 0. The van der Waals surface area contributed by atoms with Gasteiger partial charge in [-0.3, -0.25) is 14.5 Å². The highest BCUT2D eigenvalue weighted by Gasteiger charge is 2.44. The SMILES string of the molecule is CC1(C)CC(=O)C2=C(C1)N(c1ccccc1)C(=O)CC2c1ccccc1. The van der Waals surface area contributed by atoms with Crippen LogP contribution in [-0.2, 0) is 9.59 Å². The maximum Gasteiger partial charge on any atom is 0.232 e. The molecule has 1 amide bonds. The van der Waals surface area contributed by atoms with E-state index in [-0.39, 0.29) is 23.0 Å². The molecule has 1 atom stereocenters. The molecule has 2 aromatic carbocycles. The lowest BCUT2D eigenvalue weighted by atomic mass is 9.69. The number of rotatable bonds is 2. The van der Waals surface area contributed by atoms with Crippen LogP contribution in [0.15, 0.2) is 71.9 Å². The minimum absolute atomic E-state index is 0.0642. The van der Waals surface area contributed by atoms with Crippen molar-refractivity contribution < 1.29 is 9.59 Å². The number of Topliss-reactive ketones (excluding diaryl/α,β-unsaturated/α-hetero) is 1. The number of benzene rings is 2. The van der Waals surface area contributed by atoms with Gasteiger partial charge in [0.1, 0.15) is 0 Å². The summed E-state index contributed by atoms with van der Waals surface area (Å²) in [7, 11) is 0. The Morgan fingerprint density at radius 1 is 0.885 bits per heavy atom. The zero-order valence-electron chi connectivity index (χ0n) is 15.2. The van der Waals surface area contributed by atoms with Crippen LogP contribution in [0.3, 0.4) is 0 Å². The molecular weight excluding hydrogens is 322 g/mol. The Kier molecular flexibility index (Phi) is 4.03. The number of para-hydroxylation sites is 1. The minimum atomic E-state index is -0.137. The maximum atomic E-state index is 13.1. The van der Waals surface area contributed by atoms with Gasteiger partial charge in [-0.15, -0.1) is 0 Å². The van der Waals surface area contributed by atoms with Crippen LogP contribution >= 0.6 is 0 Å². The summed E-state index contributed by atoms with van der Waals surface area (Å²) >= 11 is 0. The summed E-state index contributed by atoms with van der Waals surface area (Å²) in [4.78, 5) is 28.0. The molecule has 26 heavy (non-hydrogen) atoms. The fourth-order valence-corrected chi connectivity index (χ4v) is 4.26. The molecule has 1 aliphatic heterocycles. The van der Waals surface area contributed by atoms with Gasteiger partial charge in [0, 0.05) is 35.7 Å². The summed E-state index contributed by atoms with van der Waals surface area (Å²) in [5.41, 5.74) is 3.49. The number of hydrogen-bond acceptors (Lipinski definition) is 2. The van der Waals surface area contributed by atoms with Crippen molar-refractivity contribution in [1.82, 2.24) is 0 Å². The Hall–Kier alpha value is -2.68. The van der Waals surface area contributed by atoms with Gasteiger partial charge in [0.15, 0.2) is 5.78 Å². The van der Waals surface area contributed by atoms with Crippen molar-refractivity contribution in [1.29, 1.82) is 0 Å². The number of amides is 1. The molecule has 1 aliphatic carbocycles. The Morgan fingerprint density at radius 2 is 1.50 bits per heavy atom. The van der Waals surface area contributed by atoms with Crippen molar-refractivity contribution in [2.45, 2.75) is 39.0 Å². The highest BCUT2D eigenvalue weighted by molar-refractivity contribution is 6.07. The summed E-state index contributed by atoms with van der Waals surface area (Å²) in [6.45, 7) is 4.21. The molecule has 1 unspecified atom stereocenters. The van der Waals surface area contributed by atoms with Crippen LogP contribution in [-0.4, -0.2) is 11.7 Å². The van der Waals surface area contributed by atoms with Crippen molar-refractivity contribution in [2.24, 2.45) is 5.41 Å². The number of carbonyl (C=O) groups is 2. The molecule has 0 saturated carbocycles. The van der Waals surface area contributed by atoms with E-state index in [1.165, 1.54) is 0 Å². The van der Waals surface area contributed by atoms with Crippen LogP contribution in [0.4, 0.5) is 5.69 Å². The van der Waals surface area contributed by atoms with E-state index in [1.807, 2.05) is 60.7 Å². The highest BCUT2D eigenvalue weighted by Crippen LogP contribution is 2.47. The van der Waals surface area contributed by atoms with Crippen LogP contribution in [0.5, 0.6) is 0 Å². The molecule has 0 fully saturated rings. The van der Waals surface area contributed by atoms with Crippen LogP contribution in [0, 0.1) is 5.41 Å². The second-order valence-electron chi connectivity index (χ2n) is 8.03. The molecule has 0 bridgehead atoms. The molecule has 0 saturated heterocycles. The first-order valence-corrected chi connectivity index (χ1v) is 9.15. The van der Waals surface area contributed by atoms with E-state index in [2.05, 4.69) is 13.8 Å². The third kappa shape index (κ3) is 2.88. The monoisotopic (exact) mass is 345 g/mol. The number of anilines is 1. The Morgan fingerprint density at radius 3 is 2.15 bits per heavy atom. The van der Waals surface area contributed by atoms with Gasteiger partial charge in [0.2, 0.25) is 5.91 Å². The van der Waals surface area contributed by atoms with Gasteiger partial charge in [0.25, 0.3) is 0 Å². The van der Waals surface area contributed by atoms with E-state index in [0.29, 0.717) is 12.8 Å². The Labute approximate surface area is 154 Å². The lowest BCUT2D eigenvalue weighted by molar-refractivity contribution is -0.121. The van der Waals surface area contributed by atoms with Crippen molar-refractivity contribution in [3.05, 3.63) is 77.5 Å². The number of nitrogens with zero attached hydrogens (tertiary/aromatic N) is 1. The first kappa shape index (κ1) is 16.8. The van der Waals surface area contributed by atoms with Gasteiger partial charge in [-0.25, -0.2) is 0 Å². The fourth-order valence-electron chi connectivity index (χ4n) is 4.26. The zero-order chi connectivity index (χ0) is 18.3. The maximum absolute atomic E-state index is 13.1. The van der Waals surface area contributed by atoms with Gasteiger partial charge < -0.3 is 0 Å². The van der Waals surface area contributed by atoms with E-state index in [0.717, 1.165) is 28.9 Å². The summed E-state index contributed by atoms with van der Waals surface area (Å²) in [6.07, 6.45) is 1.61. The topological polar surface area (TPSA) is 37.4 Å². The quantitative estimate of drug-likeness (QED) is 0.780. The molecule has 0 radical (unpaired) electrons. The number of hydrogen-bond donors (Lipinski definition) is 0. The third-order valence-electron chi connectivity index (χ3n) is 5.36. The van der Waals surface area contributed by atoms with E-state index in [1.54, 1.807) is 4.90 Å². The largest absolute Gasteiger partial charge is 0.294 e. The fraction of sp³-hybridized carbons (Fsp3) is 0.304. The zero-order valence-corrected chi connectivity index (χ0v) is 15.2.